The highest BCUT2D eigenvalue weighted by atomic mass is 35.5. The minimum Gasteiger partial charge on any atom is -0.355 e. The zero-order valence-corrected chi connectivity index (χ0v) is 16.2. The molecule has 1 saturated heterocycles. The summed E-state index contributed by atoms with van der Waals surface area (Å²) in [5.74, 6) is -0.284. The van der Waals surface area contributed by atoms with Crippen molar-refractivity contribution in [1.82, 2.24) is 25.7 Å². The number of amides is 2. The van der Waals surface area contributed by atoms with Crippen LogP contribution in [0.5, 0.6) is 0 Å². The lowest BCUT2D eigenvalue weighted by atomic mass is 10.1. The van der Waals surface area contributed by atoms with Gasteiger partial charge >= 0.3 is 0 Å². The largest absolute Gasteiger partial charge is 0.355 e. The Morgan fingerprint density at radius 1 is 1.30 bits per heavy atom. The van der Waals surface area contributed by atoms with Crippen molar-refractivity contribution in [3.05, 3.63) is 53.3 Å². The molecule has 0 saturated carbocycles. The molecule has 1 aromatic heterocycles. The molecular weight excluding hydrogens is 366 g/mol. The Kier molecular flexibility index (Phi) is 7.82. The lowest BCUT2D eigenvalue weighted by Gasteiger charge is -2.22. The zero-order chi connectivity index (χ0) is 18.4. The fourth-order valence-corrected chi connectivity index (χ4v) is 3.15. The van der Waals surface area contributed by atoms with Gasteiger partial charge in [0.25, 0.3) is 11.8 Å². The van der Waals surface area contributed by atoms with E-state index in [2.05, 4.69) is 21.0 Å². The van der Waals surface area contributed by atoms with Gasteiger partial charge in [-0.05, 0) is 49.6 Å². The van der Waals surface area contributed by atoms with Crippen molar-refractivity contribution in [3.63, 3.8) is 0 Å². The molecule has 146 valence electrons. The summed E-state index contributed by atoms with van der Waals surface area (Å²) >= 11 is 0. The van der Waals surface area contributed by atoms with Crippen LogP contribution in [0.2, 0.25) is 0 Å². The number of piperidine rings is 1. The molecule has 8 heteroatoms. The minimum atomic E-state index is -0.171. The molecule has 27 heavy (non-hydrogen) atoms. The normalized spacial score (nSPS) is 16.3. The molecule has 7 nitrogen and oxygen atoms in total. The number of hydrogen-bond acceptors (Lipinski definition) is 4. The van der Waals surface area contributed by atoms with Gasteiger partial charge in [0.15, 0.2) is 0 Å². The highest BCUT2D eigenvalue weighted by molar-refractivity contribution is 5.94. The van der Waals surface area contributed by atoms with Crippen molar-refractivity contribution in [3.8, 4) is 0 Å². The molecule has 1 fully saturated rings. The van der Waals surface area contributed by atoms with Crippen LogP contribution >= 0.6 is 12.4 Å². The first-order valence-electron chi connectivity index (χ1n) is 9.02. The zero-order valence-electron chi connectivity index (χ0n) is 15.4. The number of rotatable bonds is 6. The Morgan fingerprint density at radius 2 is 2.15 bits per heavy atom. The Labute approximate surface area is 165 Å². The molecule has 1 aliphatic heterocycles. The van der Waals surface area contributed by atoms with Crippen molar-refractivity contribution < 1.29 is 9.59 Å². The molecule has 0 radical (unpaired) electrons. The van der Waals surface area contributed by atoms with Gasteiger partial charge in [0, 0.05) is 31.9 Å². The maximum Gasteiger partial charge on any atom is 0.271 e. The van der Waals surface area contributed by atoms with Gasteiger partial charge in [-0.1, -0.05) is 12.1 Å². The van der Waals surface area contributed by atoms with Gasteiger partial charge in [0.05, 0.1) is 6.04 Å². The fourth-order valence-electron chi connectivity index (χ4n) is 3.15. The highest BCUT2D eigenvalue weighted by Gasteiger charge is 2.17. The molecule has 0 spiro atoms. The topological polar surface area (TPSA) is 88.0 Å². The van der Waals surface area contributed by atoms with E-state index in [9.17, 15) is 9.59 Å². The molecule has 1 aliphatic rings. The van der Waals surface area contributed by atoms with Crippen LogP contribution in [0, 0.1) is 0 Å². The first-order valence-corrected chi connectivity index (χ1v) is 9.02. The number of nitrogens with one attached hydrogen (secondary N) is 3. The van der Waals surface area contributed by atoms with E-state index < -0.39 is 0 Å². The van der Waals surface area contributed by atoms with Crippen molar-refractivity contribution in [2.75, 3.05) is 26.7 Å². The van der Waals surface area contributed by atoms with Gasteiger partial charge in [-0.25, -0.2) is 0 Å². The molecule has 0 bridgehead atoms. The molecule has 3 rings (SSSR count). The van der Waals surface area contributed by atoms with E-state index >= 15 is 0 Å². The summed E-state index contributed by atoms with van der Waals surface area (Å²) in [5, 5.41) is 13.3. The molecule has 1 aromatic carbocycles. The monoisotopic (exact) mass is 391 g/mol. The average molecular weight is 392 g/mol. The lowest BCUT2D eigenvalue weighted by molar-refractivity contribution is 0.0943. The molecule has 2 heterocycles. The summed E-state index contributed by atoms with van der Waals surface area (Å²) in [4.78, 5) is 24.0. The third-order valence-electron chi connectivity index (χ3n) is 4.60. The minimum absolute atomic E-state index is 0. The molecule has 2 aromatic rings. The van der Waals surface area contributed by atoms with Crippen molar-refractivity contribution in [2.24, 2.45) is 0 Å². The number of halogens is 1. The number of carbonyl (C=O) groups is 2. The van der Waals surface area contributed by atoms with Gasteiger partial charge in [0.1, 0.15) is 5.69 Å². The van der Waals surface area contributed by atoms with Gasteiger partial charge in [-0.3, -0.25) is 14.3 Å². The second kappa shape index (κ2) is 10.1. The van der Waals surface area contributed by atoms with E-state index in [0.717, 1.165) is 31.5 Å². The summed E-state index contributed by atoms with van der Waals surface area (Å²) in [7, 11) is 1.61. The lowest BCUT2D eigenvalue weighted by Crippen LogP contribution is -2.32. The number of nitrogens with zero attached hydrogens (tertiary/aromatic N) is 2. The predicted molar refractivity (Wildman–Crippen MR) is 106 cm³/mol. The predicted octanol–water partition coefficient (Wildman–Crippen LogP) is 1.56. The van der Waals surface area contributed by atoms with E-state index in [0.29, 0.717) is 30.3 Å². The Balaban J connectivity index is 0.00000261. The van der Waals surface area contributed by atoms with Crippen molar-refractivity contribution in [1.29, 1.82) is 0 Å². The van der Waals surface area contributed by atoms with Crippen LogP contribution in [-0.4, -0.2) is 48.3 Å². The van der Waals surface area contributed by atoms with Crippen molar-refractivity contribution in [2.45, 2.75) is 25.3 Å². The molecule has 1 unspecified atom stereocenters. The molecule has 2 amide bonds. The third kappa shape index (κ3) is 5.55. The Morgan fingerprint density at radius 3 is 2.89 bits per heavy atom. The summed E-state index contributed by atoms with van der Waals surface area (Å²) in [6.45, 7) is 2.44. The Bertz CT molecular complexity index is 771. The first kappa shape index (κ1) is 20.9. The van der Waals surface area contributed by atoms with E-state index in [4.69, 9.17) is 0 Å². The van der Waals surface area contributed by atoms with E-state index in [-0.39, 0.29) is 24.2 Å². The van der Waals surface area contributed by atoms with Gasteiger partial charge in [-0.15, -0.1) is 12.4 Å². The average Bonchev–Trinajstić information content (AvgIpc) is 3.18. The second-order valence-electron chi connectivity index (χ2n) is 6.47. The summed E-state index contributed by atoms with van der Waals surface area (Å²) in [6, 6.07) is 9.49. The summed E-state index contributed by atoms with van der Waals surface area (Å²) < 4.78 is 1.88. The number of hydrogen-bond donors (Lipinski definition) is 3. The van der Waals surface area contributed by atoms with Crippen LogP contribution in [0.1, 0.15) is 45.3 Å². The summed E-state index contributed by atoms with van der Waals surface area (Å²) in [6.07, 6.45) is 4.74. The number of carbonyl (C=O) groups excluding carboxylic acids is 2. The molecular formula is C19H26ClN5O2. The number of benzene rings is 1. The number of aromatic nitrogens is 2. The maximum atomic E-state index is 12.3. The van der Waals surface area contributed by atoms with Gasteiger partial charge in [-0.2, -0.15) is 5.10 Å². The van der Waals surface area contributed by atoms with E-state index in [1.165, 1.54) is 0 Å². The van der Waals surface area contributed by atoms with E-state index in [1.54, 1.807) is 19.2 Å². The van der Waals surface area contributed by atoms with Crippen LogP contribution < -0.4 is 16.0 Å². The SMILES string of the molecule is CNC(=O)c1cccc(CCNC(=O)c2ccn(C3CCCNC3)n2)c1.Cl. The molecule has 0 aliphatic carbocycles. The first-order chi connectivity index (χ1) is 12.7. The van der Waals surface area contributed by atoms with Gasteiger partial charge in [0.2, 0.25) is 0 Å². The van der Waals surface area contributed by atoms with E-state index in [1.807, 2.05) is 29.1 Å². The second-order valence-corrected chi connectivity index (χ2v) is 6.47. The molecule has 3 N–H and O–H groups in total. The quantitative estimate of drug-likeness (QED) is 0.697. The van der Waals surface area contributed by atoms with Crippen molar-refractivity contribution >= 4 is 24.2 Å². The van der Waals surface area contributed by atoms with Crippen LogP contribution in [-0.2, 0) is 6.42 Å². The molecule has 1 atom stereocenters. The van der Waals surface area contributed by atoms with Crippen LogP contribution in [0.3, 0.4) is 0 Å². The smallest absolute Gasteiger partial charge is 0.271 e. The third-order valence-corrected chi connectivity index (χ3v) is 4.60. The van der Waals surface area contributed by atoms with Crippen LogP contribution in [0.15, 0.2) is 36.5 Å². The maximum absolute atomic E-state index is 12.3. The van der Waals surface area contributed by atoms with Crippen LogP contribution in [0.4, 0.5) is 0 Å². The fraction of sp³-hybridized carbons (Fsp3) is 0.421. The standard InChI is InChI=1S/C19H25N5O2.ClH/c1-20-18(25)15-5-2-4-14(12-15)7-10-22-19(26)17-8-11-24(23-17)16-6-3-9-21-13-16;/h2,4-5,8,11-12,16,21H,3,6-7,9-10,13H2,1H3,(H,20,25)(H,22,26);1H. The summed E-state index contributed by atoms with van der Waals surface area (Å²) in [5.41, 5.74) is 2.07. The highest BCUT2D eigenvalue weighted by Crippen LogP contribution is 2.15. The Hall–Kier alpha value is -2.38. The van der Waals surface area contributed by atoms with Gasteiger partial charge < -0.3 is 16.0 Å². The van der Waals surface area contributed by atoms with Crippen LogP contribution in [0.25, 0.3) is 0 Å².